The normalized spacial score (nSPS) is 14.6. The van der Waals surface area contributed by atoms with Crippen molar-refractivity contribution in [2.24, 2.45) is 0 Å². The number of thiophene rings is 1. The van der Waals surface area contributed by atoms with Crippen LogP contribution >= 0.6 is 11.3 Å². The highest BCUT2D eigenvalue weighted by atomic mass is 32.1. The van der Waals surface area contributed by atoms with E-state index in [1.165, 1.54) is 12.8 Å². The topological polar surface area (TPSA) is 68.5 Å². The number of hydrogen-bond acceptors (Lipinski definition) is 6. The van der Waals surface area contributed by atoms with E-state index in [9.17, 15) is 0 Å². The van der Waals surface area contributed by atoms with Crippen LogP contribution in [0.3, 0.4) is 0 Å². The summed E-state index contributed by atoms with van der Waals surface area (Å²) in [6, 6.07) is 2.08. The van der Waals surface area contributed by atoms with Crippen molar-refractivity contribution in [1.82, 2.24) is 24.7 Å². The Balaban J connectivity index is 1.49. The molecule has 0 aromatic carbocycles. The summed E-state index contributed by atoms with van der Waals surface area (Å²) in [5, 5.41) is 14.9. The van der Waals surface area contributed by atoms with Crippen LogP contribution < -0.4 is 5.32 Å². The van der Waals surface area contributed by atoms with Crippen LogP contribution in [0.4, 0.5) is 5.82 Å². The number of aryl methyl sites for hydroxylation is 1. The first-order valence-corrected chi connectivity index (χ1v) is 8.59. The van der Waals surface area contributed by atoms with Crippen molar-refractivity contribution in [3.8, 4) is 0 Å². The largest absolute Gasteiger partial charge is 0.368 e. The van der Waals surface area contributed by atoms with E-state index in [2.05, 4.69) is 48.4 Å². The minimum atomic E-state index is 0.622. The minimum absolute atomic E-state index is 0.622. The first-order valence-electron chi connectivity index (χ1n) is 7.71. The van der Waals surface area contributed by atoms with Crippen LogP contribution in [-0.4, -0.2) is 31.3 Å². The zero-order valence-electron chi connectivity index (χ0n) is 12.5. The van der Waals surface area contributed by atoms with Gasteiger partial charge in [0, 0.05) is 25.4 Å². The molecule has 114 valence electrons. The lowest BCUT2D eigenvalue weighted by Gasteiger charge is -2.10. The molecule has 0 atom stereocenters. The summed E-state index contributed by atoms with van der Waals surface area (Å²) in [7, 11) is 0. The molecule has 1 fully saturated rings. The monoisotopic (exact) mass is 314 g/mol. The van der Waals surface area contributed by atoms with Gasteiger partial charge < -0.3 is 9.88 Å². The highest BCUT2D eigenvalue weighted by Gasteiger charge is 2.28. The van der Waals surface area contributed by atoms with Gasteiger partial charge in [-0.2, -0.15) is 0 Å². The van der Waals surface area contributed by atoms with Gasteiger partial charge in [-0.25, -0.2) is 9.97 Å². The number of nitrogens with one attached hydrogen (secondary N) is 1. The molecule has 4 rings (SSSR count). The number of fused-ring (bicyclic) bond motifs is 1. The summed E-state index contributed by atoms with van der Waals surface area (Å²) in [4.78, 5) is 10.2. The average Bonchev–Trinajstić information content (AvgIpc) is 3.08. The van der Waals surface area contributed by atoms with Gasteiger partial charge in [0.05, 0.1) is 5.39 Å². The van der Waals surface area contributed by atoms with Gasteiger partial charge in [-0.1, -0.05) is 6.92 Å². The molecular weight excluding hydrogens is 296 g/mol. The van der Waals surface area contributed by atoms with Crippen molar-refractivity contribution < 1.29 is 0 Å². The third-order valence-electron chi connectivity index (χ3n) is 3.92. The van der Waals surface area contributed by atoms with Gasteiger partial charge in [-0.3, -0.25) is 0 Å². The van der Waals surface area contributed by atoms with Crippen molar-refractivity contribution in [2.75, 3.05) is 11.9 Å². The summed E-state index contributed by atoms with van der Waals surface area (Å²) in [6.07, 6.45) is 5.16. The predicted molar refractivity (Wildman–Crippen MR) is 87.3 cm³/mol. The van der Waals surface area contributed by atoms with Crippen LogP contribution in [0.15, 0.2) is 17.8 Å². The average molecular weight is 314 g/mol. The van der Waals surface area contributed by atoms with Crippen molar-refractivity contribution in [1.29, 1.82) is 0 Å². The van der Waals surface area contributed by atoms with E-state index in [0.717, 1.165) is 47.2 Å². The molecule has 0 aliphatic heterocycles. The minimum Gasteiger partial charge on any atom is -0.368 e. The third-order valence-corrected chi connectivity index (χ3v) is 4.73. The summed E-state index contributed by atoms with van der Waals surface area (Å²) in [6.45, 7) is 3.75. The molecule has 0 radical (unpaired) electrons. The zero-order chi connectivity index (χ0) is 14.9. The van der Waals surface area contributed by atoms with Crippen molar-refractivity contribution >= 4 is 27.4 Å². The van der Waals surface area contributed by atoms with Crippen LogP contribution in [-0.2, 0) is 13.0 Å². The van der Waals surface area contributed by atoms with E-state index in [1.54, 1.807) is 11.3 Å². The second-order valence-electron chi connectivity index (χ2n) is 5.57. The second-order valence-corrected chi connectivity index (χ2v) is 6.46. The number of nitrogens with zero attached hydrogens (tertiary/aromatic N) is 5. The molecule has 1 N–H and O–H groups in total. The van der Waals surface area contributed by atoms with E-state index in [1.807, 2.05) is 6.33 Å². The summed E-state index contributed by atoms with van der Waals surface area (Å²) in [5.41, 5.74) is 0. The molecule has 6 nitrogen and oxygen atoms in total. The van der Waals surface area contributed by atoms with Gasteiger partial charge in [0.2, 0.25) is 0 Å². The first-order chi connectivity index (χ1) is 10.8. The van der Waals surface area contributed by atoms with Gasteiger partial charge in [0.25, 0.3) is 0 Å². The van der Waals surface area contributed by atoms with Crippen LogP contribution in [0.5, 0.6) is 0 Å². The van der Waals surface area contributed by atoms with Crippen LogP contribution in [0, 0.1) is 0 Å². The Morgan fingerprint density at radius 3 is 3.09 bits per heavy atom. The molecule has 0 bridgehead atoms. The molecule has 1 saturated carbocycles. The van der Waals surface area contributed by atoms with Crippen molar-refractivity contribution in [2.45, 2.75) is 38.6 Å². The highest BCUT2D eigenvalue weighted by Crippen LogP contribution is 2.38. The maximum absolute atomic E-state index is 4.62. The standard InChI is InChI=1S/C15H18N6S/c1-2-12-18-13(11-5-8-22-15(11)19-12)16-6-7-21-9-17-20-14(21)10-3-4-10/h5,8-10H,2-4,6-7H2,1H3,(H,16,18,19). The highest BCUT2D eigenvalue weighted by molar-refractivity contribution is 7.16. The summed E-state index contributed by atoms with van der Waals surface area (Å²) < 4.78 is 2.15. The molecule has 1 aliphatic rings. The second kappa shape index (κ2) is 5.64. The number of hydrogen-bond donors (Lipinski definition) is 1. The number of aromatic nitrogens is 5. The van der Waals surface area contributed by atoms with Gasteiger partial charge in [-0.05, 0) is 24.3 Å². The van der Waals surface area contributed by atoms with E-state index in [-0.39, 0.29) is 0 Å². The number of rotatable bonds is 6. The lowest BCUT2D eigenvalue weighted by atomic mass is 10.3. The molecule has 0 amide bonds. The fraction of sp³-hybridized carbons (Fsp3) is 0.467. The molecule has 0 saturated heterocycles. The molecule has 22 heavy (non-hydrogen) atoms. The molecule has 3 heterocycles. The molecular formula is C15H18N6S. The fourth-order valence-electron chi connectivity index (χ4n) is 2.58. The Bertz CT molecular complexity index is 788. The summed E-state index contributed by atoms with van der Waals surface area (Å²) in [5.74, 6) is 3.57. The lowest BCUT2D eigenvalue weighted by Crippen LogP contribution is -2.13. The quantitative estimate of drug-likeness (QED) is 0.757. The van der Waals surface area contributed by atoms with Crippen LogP contribution in [0.1, 0.15) is 37.3 Å². The Morgan fingerprint density at radius 2 is 2.27 bits per heavy atom. The SMILES string of the molecule is CCc1nc(NCCn2cnnc2C2CC2)c2ccsc2n1. The van der Waals surface area contributed by atoms with Gasteiger partial charge in [-0.15, -0.1) is 21.5 Å². The van der Waals surface area contributed by atoms with Gasteiger partial charge in [0.15, 0.2) is 0 Å². The molecule has 3 aromatic heterocycles. The maximum Gasteiger partial charge on any atom is 0.138 e. The number of anilines is 1. The molecule has 0 spiro atoms. The van der Waals surface area contributed by atoms with E-state index < -0.39 is 0 Å². The fourth-order valence-corrected chi connectivity index (χ4v) is 3.36. The molecule has 3 aromatic rings. The lowest BCUT2D eigenvalue weighted by molar-refractivity contribution is 0.675. The molecule has 0 unspecified atom stereocenters. The smallest absolute Gasteiger partial charge is 0.138 e. The summed E-state index contributed by atoms with van der Waals surface area (Å²) >= 11 is 1.66. The first kappa shape index (κ1) is 13.6. The predicted octanol–water partition coefficient (Wildman–Crippen LogP) is 2.83. The van der Waals surface area contributed by atoms with Crippen LogP contribution in [0.25, 0.3) is 10.2 Å². The molecule has 1 aliphatic carbocycles. The van der Waals surface area contributed by atoms with Gasteiger partial charge >= 0.3 is 0 Å². The Morgan fingerprint density at radius 1 is 1.36 bits per heavy atom. The van der Waals surface area contributed by atoms with Crippen LogP contribution in [0.2, 0.25) is 0 Å². The van der Waals surface area contributed by atoms with E-state index in [0.29, 0.717) is 5.92 Å². The Hall–Kier alpha value is -2.02. The van der Waals surface area contributed by atoms with Crippen molar-refractivity contribution in [3.63, 3.8) is 0 Å². The van der Waals surface area contributed by atoms with E-state index >= 15 is 0 Å². The molecule has 7 heteroatoms. The Labute approximate surface area is 132 Å². The maximum atomic E-state index is 4.62. The van der Waals surface area contributed by atoms with Crippen molar-refractivity contribution in [3.05, 3.63) is 29.4 Å². The third kappa shape index (κ3) is 2.56. The zero-order valence-corrected chi connectivity index (χ0v) is 13.3. The van der Waals surface area contributed by atoms with E-state index in [4.69, 9.17) is 0 Å². The van der Waals surface area contributed by atoms with Gasteiger partial charge in [0.1, 0.15) is 28.6 Å². The Kier molecular flexibility index (Phi) is 3.49.